The van der Waals surface area contributed by atoms with Gasteiger partial charge in [-0.15, -0.1) is 0 Å². The van der Waals surface area contributed by atoms with E-state index in [1.165, 1.54) is 5.57 Å². The van der Waals surface area contributed by atoms with Gasteiger partial charge in [-0.1, -0.05) is 19.1 Å². The molecule has 18 heavy (non-hydrogen) atoms. The summed E-state index contributed by atoms with van der Waals surface area (Å²) in [6, 6.07) is 0.903. The van der Waals surface area contributed by atoms with E-state index in [0.717, 1.165) is 18.9 Å². The van der Waals surface area contributed by atoms with Crippen LogP contribution in [0.5, 0.6) is 0 Å². The molecular formula is C14H30O3Si. The van der Waals surface area contributed by atoms with Crippen LogP contribution in [0.1, 0.15) is 47.5 Å². The highest BCUT2D eigenvalue weighted by Gasteiger charge is 2.39. The molecule has 0 aliphatic heterocycles. The molecule has 0 rings (SSSR count). The van der Waals surface area contributed by atoms with Gasteiger partial charge < -0.3 is 13.3 Å². The zero-order valence-electron chi connectivity index (χ0n) is 12.8. The molecule has 0 N–H and O–H groups in total. The van der Waals surface area contributed by atoms with Gasteiger partial charge in [-0.05, 0) is 46.5 Å². The Morgan fingerprint density at radius 2 is 1.50 bits per heavy atom. The van der Waals surface area contributed by atoms with E-state index in [2.05, 4.69) is 20.4 Å². The van der Waals surface area contributed by atoms with Gasteiger partial charge in [0.25, 0.3) is 0 Å². The molecule has 108 valence electrons. The van der Waals surface area contributed by atoms with E-state index < -0.39 is 8.80 Å². The van der Waals surface area contributed by atoms with E-state index in [0.29, 0.717) is 25.7 Å². The molecule has 0 bridgehead atoms. The average molecular weight is 274 g/mol. The zero-order valence-corrected chi connectivity index (χ0v) is 13.8. The van der Waals surface area contributed by atoms with Crippen molar-refractivity contribution >= 4 is 8.80 Å². The van der Waals surface area contributed by atoms with Crippen LogP contribution in [0, 0.1) is 5.92 Å². The number of allylic oxidation sites excluding steroid dienone is 1. The minimum absolute atomic E-state index is 0.557. The van der Waals surface area contributed by atoms with Gasteiger partial charge in [0, 0.05) is 25.9 Å². The van der Waals surface area contributed by atoms with Crippen LogP contribution in [0.4, 0.5) is 0 Å². The van der Waals surface area contributed by atoms with Crippen LogP contribution < -0.4 is 0 Å². The van der Waals surface area contributed by atoms with Crippen molar-refractivity contribution in [2.75, 3.05) is 19.8 Å². The van der Waals surface area contributed by atoms with Gasteiger partial charge in [0.15, 0.2) is 0 Å². The smallest absolute Gasteiger partial charge is 0.374 e. The molecule has 0 saturated carbocycles. The molecule has 0 aliphatic rings. The third kappa shape index (κ3) is 6.68. The highest BCUT2D eigenvalue weighted by atomic mass is 28.4. The molecular weight excluding hydrogens is 244 g/mol. The lowest BCUT2D eigenvalue weighted by Crippen LogP contribution is -2.45. The summed E-state index contributed by atoms with van der Waals surface area (Å²) in [5.41, 5.74) is 1.24. The molecule has 0 amide bonds. The molecule has 1 unspecified atom stereocenters. The van der Waals surface area contributed by atoms with Crippen molar-refractivity contribution in [3.8, 4) is 0 Å². The van der Waals surface area contributed by atoms with Gasteiger partial charge in [-0.3, -0.25) is 0 Å². The Bertz CT molecular complexity index is 214. The summed E-state index contributed by atoms with van der Waals surface area (Å²) in [4.78, 5) is 0. The van der Waals surface area contributed by atoms with E-state index in [4.69, 9.17) is 13.3 Å². The Morgan fingerprint density at radius 1 is 1.06 bits per heavy atom. The predicted molar refractivity (Wildman–Crippen MR) is 78.7 cm³/mol. The molecule has 0 aromatic carbocycles. The van der Waals surface area contributed by atoms with E-state index in [1.54, 1.807) is 0 Å². The second-order valence-electron chi connectivity index (χ2n) is 4.62. The summed E-state index contributed by atoms with van der Waals surface area (Å²) in [7, 11) is -2.43. The maximum atomic E-state index is 5.82. The largest absolute Gasteiger partial charge is 0.500 e. The number of rotatable bonds is 11. The van der Waals surface area contributed by atoms with Gasteiger partial charge in [0.05, 0.1) is 0 Å². The maximum Gasteiger partial charge on any atom is 0.500 e. The summed E-state index contributed by atoms with van der Waals surface area (Å²) < 4.78 is 17.5. The first-order valence-corrected chi connectivity index (χ1v) is 9.01. The average Bonchev–Trinajstić information content (AvgIpc) is 2.29. The lowest BCUT2D eigenvalue weighted by molar-refractivity contribution is 0.0705. The minimum Gasteiger partial charge on any atom is -0.374 e. The van der Waals surface area contributed by atoms with Crippen LogP contribution in [0.15, 0.2) is 12.2 Å². The van der Waals surface area contributed by atoms with Gasteiger partial charge in [-0.25, -0.2) is 0 Å². The topological polar surface area (TPSA) is 27.7 Å². The Balaban J connectivity index is 4.33. The Kier molecular flexibility index (Phi) is 9.64. The summed E-state index contributed by atoms with van der Waals surface area (Å²) in [6.45, 7) is 16.3. The predicted octanol–water partition coefficient (Wildman–Crippen LogP) is 4.03. The maximum absolute atomic E-state index is 5.82. The van der Waals surface area contributed by atoms with Gasteiger partial charge in [0.2, 0.25) is 0 Å². The quantitative estimate of drug-likeness (QED) is 0.420. The number of hydrogen-bond donors (Lipinski definition) is 0. The molecule has 0 aliphatic carbocycles. The van der Waals surface area contributed by atoms with Crippen LogP contribution in [0.3, 0.4) is 0 Å². The molecule has 4 heteroatoms. The number of hydrogen-bond acceptors (Lipinski definition) is 3. The van der Waals surface area contributed by atoms with E-state index in [-0.39, 0.29) is 0 Å². The fraction of sp³-hybridized carbons (Fsp3) is 0.857. The van der Waals surface area contributed by atoms with Crippen molar-refractivity contribution in [2.45, 2.75) is 53.5 Å². The first-order valence-electron chi connectivity index (χ1n) is 7.08. The molecule has 0 saturated heterocycles. The highest BCUT2D eigenvalue weighted by Crippen LogP contribution is 2.23. The first-order chi connectivity index (χ1) is 8.51. The standard InChI is InChI=1S/C14H30O3Si/c1-7-15-18(16-8-2,17-9-3)12-10-11-14(6)13(4)5/h14H,4,7-12H2,1-3,5-6H3. The highest BCUT2D eigenvalue weighted by molar-refractivity contribution is 6.60. The van der Waals surface area contributed by atoms with Gasteiger partial charge in [-0.2, -0.15) is 0 Å². The minimum atomic E-state index is -2.43. The summed E-state index contributed by atoms with van der Waals surface area (Å²) in [5.74, 6) is 0.557. The van der Waals surface area contributed by atoms with Crippen LogP contribution in [0.2, 0.25) is 6.04 Å². The third-order valence-electron chi connectivity index (χ3n) is 3.05. The Morgan fingerprint density at radius 3 is 1.83 bits per heavy atom. The van der Waals surface area contributed by atoms with Crippen molar-refractivity contribution in [3.05, 3.63) is 12.2 Å². The van der Waals surface area contributed by atoms with Crippen LogP contribution in [0.25, 0.3) is 0 Å². The Hall–Kier alpha value is -0.163. The van der Waals surface area contributed by atoms with Crippen LogP contribution in [-0.2, 0) is 13.3 Å². The molecule has 3 nitrogen and oxygen atoms in total. The van der Waals surface area contributed by atoms with Crippen molar-refractivity contribution in [1.29, 1.82) is 0 Å². The summed E-state index contributed by atoms with van der Waals surface area (Å²) >= 11 is 0. The molecule has 1 atom stereocenters. The summed E-state index contributed by atoms with van der Waals surface area (Å²) in [5, 5.41) is 0. The van der Waals surface area contributed by atoms with Crippen LogP contribution >= 0.6 is 0 Å². The second kappa shape index (κ2) is 9.73. The van der Waals surface area contributed by atoms with E-state index >= 15 is 0 Å². The SMILES string of the molecule is C=C(C)C(C)CCC[Si](OCC)(OCC)OCC. The van der Waals surface area contributed by atoms with Crippen LogP contribution in [-0.4, -0.2) is 28.6 Å². The van der Waals surface area contributed by atoms with Crippen molar-refractivity contribution in [1.82, 2.24) is 0 Å². The van der Waals surface area contributed by atoms with Gasteiger partial charge >= 0.3 is 8.80 Å². The fourth-order valence-electron chi connectivity index (χ4n) is 1.87. The molecule has 0 fully saturated rings. The van der Waals surface area contributed by atoms with E-state index in [9.17, 15) is 0 Å². The van der Waals surface area contributed by atoms with Crippen molar-refractivity contribution in [3.63, 3.8) is 0 Å². The molecule has 0 spiro atoms. The monoisotopic (exact) mass is 274 g/mol. The summed E-state index contributed by atoms with van der Waals surface area (Å²) in [6.07, 6.45) is 2.19. The van der Waals surface area contributed by atoms with Gasteiger partial charge in [0.1, 0.15) is 0 Å². The van der Waals surface area contributed by atoms with Crippen molar-refractivity contribution < 1.29 is 13.3 Å². The fourth-order valence-corrected chi connectivity index (χ4v) is 4.51. The molecule has 0 aromatic heterocycles. The molecule has 0 heterocycles. The normalized spacial score (nSPS) is 13.6. The third-order valence-corrected chi connectivity index (χ3v) is 6.21. The lowest BCUT2D eigenvalue weighted by atomic mass is 9.99. The first kappa shape index (κ1) is 17.8. The van der Waals surface area contributed by atoms with Crippen molar-refractivity contribution in [2.24, 2.45) is 5.92 Å². The zero-order chi connectivity index (χ0) is 14.0. The van der Waals surface area contributed by atoms with E-state index in [1.807, 2.05) is 20.8 Å². The molecule has 0 radical (unpaired) electrons. The second-order valence-corrected chi connectivity index (χ2v) is 7.35. The lowest BCUT2D eigenvalue weighted by Gasteiger charge is -2.28. The Labute approximate surface area is 114 Å². The molecule has 0 aromatic rings.